The van der Waals surface area contributed by atoms with Crippen LogP contribution in [0.1, 0.15) is 70.9 Å². The molecule has 0 radical (unpaired) electrons. The lowest BCUT2D eigenvalue weighted by Crippen LogP contribution is -2.42. The Morgan fingerprint density at radius 1 is 0.955 bits per heavy atom. The van der Waals surface area contributed by atoms with Crippen LogP contribution in [0.4, 0.5) is 5.69 Å². The zero-order chi connectivity index (χ0) is 32.1. The van der Waals surface area contributed by atoms with Gasteiger partial charge >= 0.3 is 0 Å². The Balaban J connectivity index is 1.57. The molecule has 1 aliphatic rings. The van der Waals surface area contributed by atoms with Gasteiger partial charge in [-0.3, -0.25) is 4.79 Å². The molecular formula is C36H57N3O5. The molecule has 0 unspecified atom stereocenters. The molecule has 0 spiro atoms. The van der Waals surface area contributed by atoms with Crippen molar-refractivity contribution in [3.63, 3.8) is 0 Å². The van der Waals surface area contributed by atoms with Gasteiger partial charge in [0.05, 0.1) is 19.8 Å². The number of nitrogens with zero attached hydrogens (tertiary/aromatic N) is 1. The van der Waals surface area contributed by atoms with Gasteiger partial charge < -0.3 is 35.3 Å². The number of rotatable bonds is 19. The minimum atomic E-state index is -0.775. The highest BCUT2D eigenvalue weighted by molar-refractivity contribution is 5.79. The molecule has 1 amide bonds. The van der Waals surface area contributed by atoms with Crippen LogP contribution in [0.3, 0.4) is 0 Å². The van der Waals surface area contributed by atoms with Gasteiger partial charge in [-0.05, 0) is 85.3 Å². The number of amides is 1. The van der Waals surface area contributed by atoms with E-state index in [1.54, 1.807) is 14.2 Å². The molecule has 246 valence electrons. The summed E-state index contributed by atoms with van der Waals surface area (Å²) < 4.78 is 16.6. The van der Waals surface area contributed by atoms with Crippen LogP contribution in [0.25, 0.3) is 0 Å². The summed E-state index contributed by atoms with van der Waals surface area (Å²) in [5.74, 6) is 1.77. The van der Waals surface area contributed by atoms with Gasteiger partial charge in [0.15, 0.2) is 11.5 Å². The molecule has 0 saturated carbocycles. The number of hydrogen-bond acceptors (Lipinski definition) is 7. The average Bonchev–Trinajstić information content (AvgIpc) is 3.56. The summed E-state index contributed by atoms with van der Waals surface area (Å²) in [7, 11) is 3.33. The van der Waals surface area contributed by atoms with Gasteiger partial charge in [-0.2, -0.15) is 0 Å². The first kappa shape index (κ1) is 35.7. The van der Waals surface area contributed by atoms with Crippen molar-refractivity contribution in [1.29, 1.82) is 0 Å². The van der Waals surface area contributed by atoms with Crippen molar-refractivity contribution < 1.29 is 24.1 Å². The van der Waals surface area contributed by atoms with Gasteiger partial charge in [0.2, 0.25) is 5.91 Å². The normalized spacial score (nSPS) is 16.2. The second-order valence-electron chi connectivity index (χ2n) is 13.0. The first-order valence-electron chi connectivity index (χ1n) is 16.5. The van der Waals surface area contributed by atoms with Crippen LogP contribution in [-0.2, 0) is 22.5 Å². The van der Waals surface area contributed by atoms with Crippen LogP contribution in [-0.4, -0.2) is 63.7 Å². The minimum Gasteiger partial charge on any atom is -0.493 e. The van der Waals surface area contributed by atoms with Gasteiger partial charge in [0.25, 0.3) is 0 Å². The molecule has 1 heterocycles. The Morgan fingerprint density at radius 2 is 1.70 bits per heavy atom. The second kappa shape index (κ2) is 18.2. The van der Waals surface area contributed by atoms with Crippen molar-refractivity contribution in [1.82, 2.24) is 5.32 Å². The van der Waals surface area contributed by atoms with E-state index in [2.05, 4.69) is 54.4 Å². The van der Waals surface area contributed by atoms with Crippen molar-refractivity contribution in [3.8, 4) is 11.5 Å². The van der Waals surface area contributed by atoms with Gasteiger partial charge in [-0.25, -0.2) is 0 Å². The number of benzene rings is 2. The fourth-order valence-electron chi connectivity index (χ4n) is 6.02. The number of hydrogen-bond donors (Lipinski definition) is 3. The first-order chi connectivity index (χ1) is 21.1. The molecule has 1 fully saturated rings. The average molecular weight is 612 g/mol. The van der Waals surface area contributed by atoms with Crippen LogP contribution >= 0.6 is 0 Å². The molecule has 0 bridgehead atoms. The fourth-order valence-corrected chi connectivity index (χ4v) is 6.02. The number of nitrogens with one attached hydrogen (secondary N) is 1. The smallest absolute Gasteiger partial charge is 0.223 e. The quantitative estimate of drug-likeness (QED) is 0.178. The third-order valence-corrected chi connectivity index (χ3v) is 8.97. The summed E-state index contributed by atoms with van der Waals surface area (Å²) >= 11 is 0. The number of nitrogens with two attached hydrogens (primary N) is 1. The van der Waals surface area contributed by atoms with E-state index in [1.807, 2.05) is 26.0 Å². The van der Waals surface area contributed by atoms with E-state index >= 15 is 0 Å². The van der Waals surface area contributed by atoms with E-state index in [9.17, 15) is 9.90 Å². The Hall–Kier alpha value is -2.81. The lowest BCUT2D eigenvalue weighted by Gasteiger charge is -2.30. The largest absolute Gasteiger partial charge is 0.493 e. The number of carbonyl (C=O) groups is 1. The van der Waals surface area contributed by atoms with Crippen molar-refractivity contribution in [3.05, 3.63) is 53.6 Å². The van der Waals surface area contributed by atoms with E-state index in [0.717, 1.165) is 42.8 Å². The highest BCUT2D eigenvalue weighted by Gasteiger charge is 2.30. The summed E-state index contributed by atoms with van der Waals surface area (Å²) in [4.78, 5) is 15.7. The lowest BCUT2D eigenvalue weighted by molar-refractivity contribution is -0.127. The van der Waals surface area contributed by atoms with Gasteiger partial charge in [0, 0.05) is 57.4 Å². The van der Waals surface area contributed by atoms with Crippen LogP contribution in [0.5, 0.6) is 11.5 Å². The molecule has 0 aromatic heterocycles. The second-order valence-corrected chi connectivity index (χ2v) is 13.0. The van der Waals surface area contributed by atoms with E-state index < -0.39 is 12.1 Å². The minimum absolute atomic E-state index is 0.0329. The van der Waals surface area contributed by atoms with Crippen molar-refractivity contribution >= 4 is 11.6 Å². The van der Waals surface area contributed by atoms with Crippen LogP contribution in [0, 0.1) is 23.7 Å². The zero-order valence-corrected chi connectivity index (χ0v) is 27.9. The number of anilines is 1. The Labute approximate surface area is 265 Å². The Bertz CT molecular complexity index is 1130. The van der Waals surface area contributed by atoms with Gasteiger partial charge in [0.1, 0.15) is 0 Å². The summed E-state index contributed by atoms with van der Waals surface area (Å²) in [6.45, 7) is 12.3. The molecule has 0 aliphatic carbocycles. The topological polar surface area (TPSA) is 106 Å². The molecule has 44 heavy (non-hydrogen) atoms. The van der Waals surface area contributed by atoms with E-state index in [4.69, 9.17) is 19.9 Å². The van der Waals surface area contributed by atoms with E-state index in [0.29, 0.717) is 44.3 Å². The standard InChI is InChI=1S/C36H57N3O5/c1-25(2)29(19-27-13-14-34(43-6)35(21-27)44-18-10-17-42-5)22-32(37)33(40)23-31(26(3)4)36(41)38-24-28-11-9-12-30(20-28)39-15-7-8-16-39/h9,11-14,20-21,25-26,29,31-33,40H,7-8,10,15-19,22-24,37H2,1-6H3,(H,38,41)/t29-,31-,32-,33-/m0/s1. The lowest BCUT2D eigenvalue weighted by atomic mass is 9.81. The van der Waals surface area contributed by atoms with Crippen molar-refractivity contribution in [2.45, 2.75) is 84.9 Å². The molecule has 4 atom stereocenters. The number of aliphatic hydroxyl groups excluding tert-OH is 1. The van der Waals surface area contributed by atoms with Crippen LogP contribution < -0.4 is 25.4 Å². The Morgan fingerprint density at radius 3 is 2.36 bits per heavy atom. The monoisotopic (exact) mass is 611 g/mol. The maximum Gasteiger partial charge on any atom is 0.223 e. The predicted octanol–water partition coefficient (Wildman–Crippen LogP) is 5.58. The Kier molecular flexibility index (Phi) is 14.8. The molecule has 1 saturated heterocycles. The zero-order valence-electron chi connectivity index (χ0n) is 27.9. The predicted molar refractivity (Wildman–Crippen MR) is 178 cm³/mol. The van der Waals surface area contributed by atoms with Crippen molar-refractivity contribution in [2.75, 3.05) is 45.4 Å². The summed E-state index contributed by atoms with van der Waals surface area (Å²) in [5.41, 5.74) is 10.1. The van der Waals surface area contributed by atoms with Crippen LogP contribution in [0.15, 0.2) is 42.5 Å². The molecule has 8 heteroatoms. The van der Waals surface area contributed by atoms with E-state index in [-0.39, 0.29) is 23.7 Å². The highest BCUT2D eigenvalue weighted by atomic mass is 16.5. The number of methoxy groups -OCH3 is 2. The molecular weight excluding hydrogens is 554 g/mol. The highest BCUT2D eigenvalue weighted by Crippen LogP contribution is 2.32. The summed E-state index contributed by atoms with van der Waals surface area (Å²) in [5, 5.41) is 14.4. The molecule has 1 aliphatic heterocycles. The SMILES string of the molecule is COCCCOc1cc(C[C@@H](C[C@H](N)[C@@H](O)C[C@H](C(=O)NCc2cccc(N3CCCC3)c2)C(C)C)C(C)C)ccc1OC. The number of carbonyl (C=O) groups excluding carboxylic acids is 1. The maximum absolute atomic E-state index is 13.3. The maximum atomic E-state index is 13.3. The molecule has 8 nitrogen and oxygen atoms in total. The number of ether oxygens (including phenoxy) is 3. The van der Waals surface area contributed by atoms with Crippen LogP contribution in [0.2, 0.25) is 0 Å². The first-order valence-corrected chi connectivity index (χ1v) is 16.5. The molecule has 2 aromatic carbocycles. The molecule has 4 N–H and O–H groups in total. The third kappa shape index (κ3) is 11.0. The van der Waals surface area contributed by atoms with Crippen molar-refractivity contribution in [2.24, 2.45) is 29.4 Å². The number of aliphatic hydroxyl groups is 1. The summed E-state index contributed by atoms with van der Waals surface area (Å²) in [6.07, 6.45) is 4.28. The summed E-state index contributed by atoms with van der Waals surface area (Å²) in [6, 6.07) is 14.1. The van der Waals surface area contributed by atoms with Gasteiger partial charge in [-0.15, -0.1) is 0 Å². The van der Waals surface area contributed by atoms with E-state index in [1.165, 1.54) is 18.5 Å². The van der Waals surface area contributed by atoms with Gasteiger partial charge in [-0.1, -0.05) is 45.9 Å². The molecule has 3 rings (SSSR count). The fraction of sp³-hybridized carbons (Fsp3) is 0.639. The molecule has 2 aromatic rings. The third-order valence-electron chi connectivity index (χ3n) is 8.97.